The van der Waals surface area contributed by atoms with E-state index in [0.29, 0.717) is 18.1 Å². The number of aromatic nitrogens is 1. The van der Waals surface area contributed by atoms with Crippen LogP contribution in [0.3, 0.4) is 0 Å². The maximum absolute atomic E-state index is 11.7. The average Bonchev–Trinajstić information content (AvgIpc) is 3.49. The van der Waals surface area contributed by atoms with Crippen molar-refractivity contribution in [1.29, 1.82) is 0 Å². The van der Waals surface area contributed by atoms with Gasteiger partial charge in [0.1, 0.15) is 0 Å². The maximum atomic E-state index is 11.7. The van der Waals surface area contributed by atoms with E-state index in [-0.39, 0.29) is 12.8 Å². The van der Waals surface area contributed by atoms with Crippen molar-refractivity contribution in [2.45, 2.75) is 31.2 Å². The summed E-state index contributed by atoms with van der Waals surface area (Å²) in [5.41, 5.74) is 3.09. The molecule has 2 N–H and O–H groups in total. The number of benzene rings is 4. The van der Waals surface area contributed by atoms with Gasteiger partial charge in [0.05, 0.1) is 0 Å². The molecule has 0 saturated heterocycles. The zero-order chi connectivity index (χ0) is 27.3. The Morgan fingerprint density at radius 1 is 0.923 bits per heavy atom. The molecular formula is C30H24ClN2O4STe+. The summed E-state index contributed by atoms with van der Waals surface area (Å²) < 4.78 is 4.71. The van der Waals surface area contributed by atoms with Gasteiger partial charge >= 0.3 is 245 Å². The average molecular weight is 672 g/mol. The molecule has 9 heteroatoms. The molecule has 1 aliphatic rings. The summed E-state index contributed by atoms with van der Waals surface area (Å²) >= 11 is 7.06. The quantitative estimate of drug-likeness (QED) is 0.119. The molecule has 6 rings (SSSR count). The van der Waals surface area contributed by atoms with Crippen LogP contribution in [0.15, 0.2) is 76.7 Å². The predicted octanol–water partition coefficient (Wildman–Crippen LogP) is 6.39. The molecule has 39 heavy (non-hydrogen) atoms. The number of aryl methyl sites for hydroxylation is 1. The van der Waals surface area contributed by atoms with Gasteiger partial charge < -0.3 is 0 Å². The molecule has 4 aromatic carbocycles. The van der Waals surface area contributed by atoms with Gasteiger partial charge in [0.25, 0.3) is 0 Å². The van der Waals surface area contributed by atoms with Crippen molar-refractivity contribution in [1.82, 2.24) is 0 Å². The van der Waals surface area contributed by atoms with Gasteiger partial charge in [-0.25, -0.2) is 0 Å². The summed E-state index contributed by atoms with van der Waals surface area (Å²) in [5, 5.41) is 25.4. The molecule has 2 heterocycles. The molecule has 0 saturated carbocycles. The fraction of sp³-hybridized carbons (Fsp3) is 0.167. The van der Waals surface area contributed by atoms with Crippen LogP contribution in [0.25, 0.3) is 36.0 Å². The van der Waals surface area contributed by atoms with Crippen LogP contribution < -0.4 is 9.47 Å². The summed E-state index contributed by atoms with van der Waals surface area (Å²) in [6.45, 7) is 2.78. The zero-order valence-electron chi connectivity index (χ0n) is 21.0. The first-order chi connectivity index (χ1) is 18.8. The molecule has 0 fully saturated rings. The second-order valence-electron chi connectivity index (χ2n) is 9.41. The van der Waals surface area contributed by atoms with Crippen molar-refractivity contribution in [2.75, 3.05) is 11.4 Å². The zero-order valence-corrected chi connectivity index (χ0v) is 24.9. The van der Waals surface area contributed by atoms with Crippen molar-refractivity contribution in [3.63, 3.8) is 0 Å². The number of thioether (sulfide) groups is 1. The number of aliphatic carboxylic acids is 2. The summed E-state index contributed by atoms with van der Waals surface area (Å²) in [5.74, 6) is -1.69. The van der Waals surface area contributed by atoms with E-state index in [2.05, 4.69) is 52.8 Å². The Balaban J connectivity index is 1.64. The Hall–Kier alpha value is -3.02. The topological polar surface area (TPSA) is 81.7 Å². The van der Waals surface area contributed by atoms with E-state index in [1.807, 2.05) is 30.3 Å². The normalized spacial score (nSPS) is 14.4. The number of allylic oxidation sites excluding steroid dienone is 1. The van der Waals surface area contributed by atoms with Gasteiger partial charge in [0, 0.05) is 0 Å². The minimum atomic E-state index is -0.907. The van der Waals surface area contributed by atoms with Crippen LogP contribution in [-0.4, -0.2) is 49.1 Å². The molecular weight excluding hydrogens is 647 g/mol. The van der Waals surface area contributed by atoms with E-state index in [1.54, 1.807) is 11.8 Å². The van der Waals surface area contributed by atoms with Crippen LogP contribution >= 0.6 is 23.4 Å². The van der Waals surface area contributed by atoms with Crippen LogP contribution in [-0.2, 0) is 16.1 Å². The molecule has 1 aromatic heterocycles. The Morgan fingerprint density at radius 3 is 2.26 bits per heavy atom. The SMILES string of the molecule is C/C(=C1/Sc2ccc(Cl)cc2N1CCC(=O)O)c1[te]c2c3ccccc3c3ccccc3c2[n+]1CCC(=O)O. The number of carboxylic acid groups (broad SMARTS) is 2. The Labute approximate surface area is 243 Å². The number of hydrogen-bond acceptors (Lipinski definition) is 4. The number of anilines is 1. The van der Waals surface area contributed by atoms with Crippen molar-refractivity contribution >= 4 is 97.5 Å². The van der Waals surface area contributed by atoms with Gasteiger partial charge in [-0.3, -0.25) is 0 Å². The summed E-state index contributed by atoms with van der Waals surface area (Å²) in [6, 6.07) is 22.5. The molecule has 0 bridgehead atoms. The van der Waals surface area contributed by atoms with Gasteiger partial charge in [0.15, 0.2) is 0 Å². The molecule has 0 spiro atoms. The molecule has 0 amide bonds. The van der Waals surface area contributed by atoms with Crippen molar-refractivity contribution in [3.8, 4) is 0 Å². The van der Waals surface area contributed by atoms with E-state index in [0.717, 1.165) is 37.5 Å². The van der Waals surface area contributed by atoms with E-state index in [1.165, 1.54) is 17.9 Å². The molecule has 0 radical (unpaired) electrons. The van der Waals surface area contributed by atoms with Crippen molar-refractivity contribution < 1.29 is 24.4 Å². The minimum absolute atomic E-state index is 0.00640. The molecule has 1 aliphatic heterocycles. The molecule has 6 nitrogen and oxygen atoms in total. The molecule has 5 aromatic rings. The van der Waals surface area contributed by atoms with Crippen LogP contribution in [0.1, 0.15) is 23.5 Å². The molecule has 0 atom stereocenters. The summed E-state index contributed by atoms with van der Waals surface area (Å²) in [6.07, 6.45) is 0.0128. The first-order valence-corrected chi connectivity index (χ1v) is 16.0. The monoisotopic (exact) mass is 673 g/mol. The number of nitrogens with zero attached hydrogens (tertiary/aromatic N) is 2. The van der Waals surface area contributed by atoms with Crippen molar-refractivity contribution in [2.24, 2.45) is 0 Å². The fourth-order valence-corrected chi connectivity index (χ4v) is 10.6. The first-order valence-electron chi connectivity index (χ1n) is 12.5. The summed E-state index contributed by atoms with van der Waals surface area (Å²) in [7, 11) is 0. The van der Waals surface area contributed by atoms with Gasteiger partial charge in [-0.1, -0.05) is 0 Å². The number of carbonyl (C=O) groups is 2. The summed E-state index contributed by atoms with van der Waals surface area (Å²) in [4.78, 5) is 26.4. The number of carboxylic acids is 2. The third-order valence-corrected chi connectivity index (χ3v) is 12.3. The van der Waals surface area contributed by atoms with Gasteiger partial charge in [0.2, 0.25) is 0 Å². The predicted molar refractivity (Wildman–Crippen MR) is 158 cm³/mol. The second-order valence-corrected chi connectivity index (χ2v) is 13.7. The number of halogens is 1. The van der Waals surface area contributed by atoms with E-state index >= 15 is 0 Å². The Kier molecular flexibility index (Phi) is 7.07. The van der Waals surface area contributed by atoms with Gasteiger partial charge in [-0.15, -0.1) is 0 Å². The van der Waals surface area contributed by atoms with Gasteiger partial charge in [-0.2, -0.15) is 0 Å². The Morgan fingerprint density at radius 2 is 1.56 bits per heavy atom. The fourth-order valence-electron chi connectivity index (χ4n) is 5.27. The number of rotatable bonds is 7. The second kappa shape index (κ2) is 10.5. The van der Waals surface area contributed by atoms with Crippen LogP contribution in [0.5, 0.6) is 0 Å². The third kappa shape index (κ3) is 4.70. The first kappa shape index (κ1) is 26.2. The van der Waals surface area contributed by atoms with Crippen LogP contribution in [0.2, 0.25) is 5.02 Å². The third-order valence-electron chi connectivity index (χ3n) is 6.98. The number of fused-ring (bicyclic) bond motifs is 7. The molecule has 0 unspecified atom stereocenters. The van der Waals surface area contributed by atoms with E-state index < -0.39 is 32.4 Å². The standard InChI is InChI=1S/C30H23ClN2O4STe/c1-17(29-32(14-12-25(34)35)23-16-18(31)10-11-24(23)38-29)30-33(15-13-26(36)37)27-21-8-4-2-6-19(21)20-7-3-5-9-22(20)28(27)39-30/h2-11,16H,12-15H2,1H3,(H-,34,35,36,37)/p+1. The van der Waals surface area contributed by atoms with Crippen LogP contribution in [0.4, 0.5) is 5.69 Å². The number of hydrogen-bond donors (Lipinski definition) is 2. The molecule has 196 valence electrons. The molecule has 0 aliphatic carbocycles. The Bertz CT molecular complexity index is 1850. The van der Waals surface area contributed by atoms with Crippen LogP contribution in [0, 0.1) is 0 Å². The van der Waals surface area contributed by atoms with E-state index in [4.69, 9.17) is 11.6 Å². The van der Waals surface area contributed by atoms with E-state index in [9.17, 15) is 19.8 Å². The van der Waals surface area contributed by atoms with Crippen molar-refractivity contribution in [3.05, 3.63) is 80.5 Å². The van der Waals surface area contributed by atoms with Gasteiger partial charge in [-0.05, 0) is 0 Å².